The van der Waals surface area contributed by atoms with E-state index >= 15 is 0 Å². The Labute approximate surface area is 220 Å². The molecule has 5 rings (SSSR count). The van der Waals surface area contributed by atoms with Gasteiger partial charge < -0.3 is 5.32 Å². The number of carbonyl (C=O) groups excluding carboxylic acids is 1. The maximum Gasteiger partial charge on any atom is 0.407 e. The molecule has 0 saturated heterocycles. The topological polar surface area (TPSA) is 54.9 Å². The third kappa shape index (κ3) is 4.62. The first-order valence-corrected chi connectivity index (χ1v) is 12.9. The van der Waals surface area contributed by atoms with E-state index in [1.807, 2.05) is 0 Å². The van der Waals surface area contributed by atoms with Crippen molar-refractivity contribution in [3.05, 3.63) is 97.9 Å². The molecule has 1 atom stereocenters. The van der Waals surface area contributed by atoms with Crippen LogP contribution in [0.5, 0.6) is 0 Å². The number of hydrogen-bond donors (Lipinski definition) is 1. The second-order valence-corrected chi connectivity index (χ2v) is 10.8. The van der Waals surface area contributed by atoms with Crippen molar-refractivity contribution in [3.63, 3.8) is 0 Å². The average Bonchev–Trinajstić information content (AvgIpc) is 3.50. The lowest BCUT2D eigenvalue weighted by molar-refractivity contribution is -0.160. The van der Waals surface area contributed by atoms with Gasteiger partial charge in [-0.2, -0.15) is 13.2 Å². The minimum atomic E-state index is -4.54. The minimum Gasteiger partial charge on any atom is -0.345 e. The van der Waals surface area contributed by atoms with Crippen molar-refractivity contribution in [2.45, 2.75) is 43.2 Å². The molecule has 2 aliphatic rings. The van der Waals surface area contributed by atoms with E-state index in [4.69, 9.17) is 23.2 Å². The van der Waals surface area contributed by atoms with Crippen LogP contribution in [0.2, 0.25) is 10.0 Å². The maximum absolute atomic E-state index is 14.5. The lowest BCUT2D eigenvalue weighted by Crippen LogP contribution is -2.37. The van der Waals surface area contributed by atoms with Crippen molar-refractivity contribution in [3.8, 4) is 0 Å². The Morgan fingerprint density at radius 2 is 1.75 bits per heavy atom. The van der Waals surface area contributed by atoms with E-state index in [1.165, 1.54) is 18.2 Å². The van der Waals surface area contributed by atoms with Crippen molar-refractivity contribution in [2.75, 3.05) is 0 Å². The number of carbonyl (C=O) groups is 1. The smallest absolute Gasteiger partial charge is 0.345 e. The van der Waals surface area contributed by atoms with Gasteiger partial charge in [0.1, 0.15) is 10.6 Å². The molecule has 3 aromatic rings. The number of halogens is 5. The first-order chi connectivity index (χ1) is 17.2. The summed E-state index contributed by atoms with van der Waals surface area (Å²) in [5.74, 6) is 0.247. The fraction of sp³-hybridized carbons (Fsp3) is 0.269. The fourth-order valence-corrected chi connectivity index (χ4v) is 6.57. The standard InChI is InChI=1S/C26H20Cl2F3N3OS/c27-17-9-16(10-18(28)11-17)25(26(29,30)31)12-15(14-36-25)19-5-6-22(21-4-1-3-20(19)21)24(35)34-13-23-32-7-2-8-33-23/h2,5-11,14H,1,3-4,12-13H2,(H,34,35). The molecular formula is C26H20Cl2F3N3OS. The van der Waals surface area contributed by atoms with Crippen LogP contribution in [0.25, 0.3) is 5.57 Å². The average molecular weight is 550 g/mol. The van der Waals surface area contributed by atoms with Crippen LogP contribution in [0.4, 0.5) is 13.2 Å². The molecule has 1 aromatic heterocycles. The molecule has 2 heterocycles. The molecule has 1 N–H and O–H groups in total. The van der Waals surface area contributed by atoms with Crippen LogP contribution >= 0.6 is 35.0 Å². The van der Waals surface area contributed by atoms with Crippen molar-refractivity contribution >= 4 is 46.4 Å². The highest BCUT2D eigenvalue weighted by Crippen LogP contribution is 2.60. The molecule has 0 spiro atoms. The quantitative estimate of drug-likeness (QED) is 0.367. The van der Waals surface area contributed by atoms with Crippen LogP contribution in [0.15, 0.2) is 54.2 Å². The SMILES string of the molecule is O=C(NCc1ncccn1)c1ccc(C2=CSC(c3cc(Cl)cc(Cl)c3)(C(F)(F)F)C2)c2c1CCC2. The van der Waals surface area contributed by atoms with E-state index in [-0.39, 0.29) is 34.5 Å². The summed E-state index contributed by atoms with van der Waals surface area (Å²) in [6.07, 6.45) is 0.663. The maximum atomic E-state index is 14.5. The number of nitrogens with one attached hydrogen (secondary N) is 1. The molecule has 10 heteroatoms. The van der Waals surface area contributed by atoms with Gasteiger partial charge in [0.25, 0.3) is 5.91 Å². The van der Waals surface area contributed by atoms with Crippen LogP contribution < -0.4 is 5.32 Å². The molecule has 2 aromatic carbocycles. The number of fused-ring (bicyclic) bond motifs is 1. The van der Waals surface area contributed by atoms with Crippen LogP contribution in [0.3, 0.4) is 0 Å². The van der Waals surface area contributed by atoms with Crippen molar-refractivity contribution in [1.82, 2.24) is 15.3 Å². The summed E-state index contributed by atoms with van der Waals surface area (Å²) in [5.41, 5.74) is 3.75. The van der Waals surface area contributed by atoms with Crippen LogP contribution in [-0.2, 0) is 24.1 Å². The van der Waals surface area contributed by atoms with Gasteiger partial charge in [-0.05, 0) is 82.8 Å². The number of hydrogen-bond acceptors (Lipinski definition) is 4. The number of aromatic nitrogens is 2. The van der Waals surface area contributed by atoms with Crippen LogP contribution in [-0.4, -0.2) is 22.1 Å². The van der Waals surface area contributed by atoms with E-state index in [9.17, 15) is 18.0 Å². The molecular weight excluding hydrogens is 530 g/mol. The summed E-state index contributed by atoms with van der Waals surface area (Å²) in [5, 5.41) is 4.75. The zero-order valence-corrected chi connectivity index (χ0v) is 21.2. The largest absolute Gasteiger partial charge is 0.407 e. The van der Waals surface area contributed by atoms with E-state index in [1.54, 1.807) is 36.0 Å². The van der Waals surface area contributed by atoms with Gasteiger partial charge in [0, 0.05) is 34.4 Å². The highest BCUT2D eigenvalue weighted by atomic mass is 35.5. The summed E-state index contributed by atoms with van der Waals surface area (Å²) in [7, 11) is 0. The number of benzene rings is 2. The minimum absolute atomic E-state index is 0.0273. The molecule has 1 unspecified atom stereocenters. The van der Waals surface area contributed by atoms with Gasteiger partial charge in [0.15, 0.2) is 0 Å². The molecule has 1 amide bonds. The normalized spacial score (nSPS) is 19.2. The van der Waals surface area contributed by atoms with Gasteiger partial charge in [0.2, 0.25) is 0 Å². The van der Waals surface area contributed by atoms with Gasteiger partial charge in [-0.25, -0.2) is 9.97 Å². The second-order valence-electron chi connectivity index (χ2n) is 8.74. The van der Waals surface area contributed by atoms with E-state index in [0.717, 1.165) is 34.9 Å². The molecule has 0 fully saturated rings. The summed E-state index contributed by atoms with van der Waals surface area (Å²) in [6, 6.07) is 9.25. The summed E-state index contributed by atoms with van der Waals surface area (Å²) >= 11 is 12.9. The first kappa shape index (κ1) is 25.1. The van der Waals surface area contributed by atoms with Crippen LogP contribution in [0, 0.1) is 0 Å². The molecule has 0 saturated carbocycles. The summed E-state index contributed by atoms with van der Waals surface area (Å²) in [4.78, 5) is 21.2. The van der Waals surface area contributed by atoms with Crippen LogP contribution in [0.1, 0.15) is 51.3 Å². The number of alkyl halides is 3. The van der Waals surface area contributed by atoms with E-state index in [0.29, 0.717) is 29.8 Å². The predicted octanol–water partition coefficient (Wildman–Crippen LogP) is 7.14. The Hall–Kier alpha value is -2.55. The number of rotatable bonds is 5. The van der Waals surface area contributed by atoms with Crippen molar-refractivity contribution in [1.29, 1.82) is 0 Å². The van der Waals surface area contributed by atoms with Crippen molar-refractivity contribution in [2.24, 2.45) is 0 Å². The Balaban J connectivity index is 1.44. The highest BCUT2D eigenvalue weighted by molar-refractivity contribution is 8.03. The Morgan fingerprint density at radius 1 is 1.06 bits per heavy atom. The predicted molar refractivity (Wildman–Crippen MR) is 136 cm³/mol. The fourth-order valence-electron chi connectivity index (χ4n) is 4.87. The van der Waals surface area contributed by atoms with Gasteiger partial charge in [-0.3, -0.25) is 4.79 Å². The number of thioether (sulfide) groups is 1. The third-order valence-corrected chi connectivity index (χ3v) is 8.38. The Kier molecular flexibility index (Phi) is 6.78. The first-order valence-electron chi connectivity index (χ1n) is 11.3. The van der Waals surface area contributed by atoms with E-state index in [2.05, 4.69) is 15.3 Å². The molecule has 1 aliphatic carbocycles. The monoisotopic (exact) mass is 549 g/mol. The number of amides is 1. The number of allylic oxidation sites excluding steroid dienone is 1. The molecule has 36 heavy (non-hydrogen) atoms. The van der Waals surface area contributed by atoms with Gasteiger partial charge >= 0.3 is 6.18 Å². The number of nitrogens with zero attached hydrogens (tertiary/aromatic N) is 2. The molecule has 186 valence electrons. The second kappa shape index (κ2) is 9.72. The molecule has 1 aliphatic heterocycles. The Bertz CT molecular complexity index is 1340. The van der Waals surface area contributed by atoms with Gasteiger partial charge in [0.05, 0.1) is 6.54 Å². The Morgan fingerprint density at radius 3 is 2.44 bits per heavy atom. The van der Waals surface area contributed by atoms with Crippen molar-refractivity contribution < 1.29 is 18.0 Å². The summed E-state index contributed by atoms with van der Waals surface area (Å²) in [6.45, 7) is 0.189. The summed E-state index contributed by atoms with van der Waals surface area (Å²) < 4.78 is 41.4. The zero-order valence-electron chi connectivity index (χ0n) is 18.8. The highest BCUT2D eigenvalue weighted by Gasteiger charge is 2.58. The van der Waals surface area contributed by atoms with Gasteiger partial charge in [-0.1, -0.05) is 29.3 Å². The molecule has 0 radical (unpaired) electrons. The lowest BCUT2D eigenvalue weighted by Gasteiger charge is -2.32. The molecule has 0 bridgehead atoms. The lowest BCUT2D eigenvalue weighted by atomic mass is 9.85. The van der Waals surface area contributed by atoms with E-state index < -0.39 is 10.9 Å². The van der Waals surface area contributed by atoms with Gasteiger partial charge in [-0.15, -0.1) is 11.8 Å². The zero-order chi connectivity index (χ0) is 25.5. The molecule has 4 nitrogen and oxygen atoms in total. The third-order valence-electron chi connectivity index (χ3n) is 6.53.